The Labute approximate surface area is 187 Å². The van der Waals surface area contributed by atoms with E-state index in [9.17, 15) is 24.0 Å². The highest BCUT2D eigenvalue weighted by Crippen LogP contribution is 2.13. The third kappa shape index (κ3) is 9.23. The van der Waals surface area contributed by atoms with Crippen LogP contribution in [0.5, 0.6) is 0 Å². The number of aromatic nitrogens is 1. The van der Waals surface area contributed by atoms with E-state index in [4.69, 9.17) is 9.47 Å². The molecule has 1 aromatic heterocycles. The first-order chi connectivity index (χ1) is 15.2. The summed E-state index contributed by atoms with van der Waals surface area (Å²) in [5.74, 6) is -4.82. The Morgan fingerprint density at radius 3 is 1.84 bits per heavy atom. The lowest BCUT2D eigenvalue weighted by Crippen LogP contribution is -2.30. The SMILES string of the molecule is CCOC(=O)C(=O)C(C)C(=O)OCC.CCOC(=O)c1cc(CC)cnc1C(=O)OCC. The Hall–Kier alpha value is -3.30. The number of Topliss-reactive ketones (excluding diaryl/α,β-unsaturated/α-hetero) is 1. The van der Waals surface area contributed by atoms with Crippen molar-refractivity contribution in [1.29, 1.82) is 0 Å². The molecular formula is C22H31NO9. The summed E-state index contributed by atoms with van der Waals surface area (Å²) >= 11 is 0. The van der Waals surface area contributed by atoms with E-state index in [1.807, 2.05) is 6.92 Å². The third-order valence-corrected chi connectivity index (χ3v) is 3.83. The van der Waals surface area contributed by atoms with Gasteiger partial charge >= 0.3 is 23.9 Å². The average molecular weight is 453 g/mol. The van der Waals surface area contributed by atoms with E-state index in [2.05, 4.69) is 14.5 Å². The molecule has 0 saturated heterocycles. The Kier molecular flexibility index (Phi) is 13.9. The van der Waals surface area contributed by atoms with Crippen LogP contribution in [0.4, 0.5) is 0 Å². The summed E-state index contributed by atoms with van der Waals surface area (Å²) in [5.41, 5.74) is 1.04. The molecule has 1 unspecified atom stereocenters. The van der Waals surface area contributed by atoms with Crippen LogP contribution in [0.2, 0.25) is 0 Å². The summed E-state index contributed by atoms with van der Waals surface area (Å²) in [7, 11) is 0. The quantitative estimate of drug-likeness (QED) is 0.225. The number of carbonyl (C=O) groups is 5. The maximum atomic E-state index is 11.8. The van der Waals surface area contributed by atoms with Crippen molar-refractivity contribution >= 4 is 29.7 Å². The van der Waals surface area contributed by atoms with Crippen LogP contribution in [0.1, 0.15) is 68.0 Å². The van der Waals surface area contributed by atoms with Crippen molar-refractivity contribution in [2.24, 2.45) is 5.92 Å². The van der Waals surface area contributed by atoms with Crippen molar-refractivity contribution in [3.63, 3.8) is 0 Å². The zero-order valence-electron chi connectivity index (χ0n) is 19.4. The zero-order valence-corrected chi connectivity index (χ0v) is 19.4. The number of nitrogens with zero attached hydrogens (tertiary/aromatic N) is 1. The van der Waals surface area contributed by atoms with E-state index in [1.165, 1.54) is 6.92 Å². The van der Waals surface area contributed by atoms with Crippen LogP contribution in [0.25, 0.3) is 0 Å². The second-order valence-electron chi connectivity index (χ2n) is 6.09. The highest BCUT2D eigenvalue weighted by molar-refractivity contribution is 6.37. The monoisotopic (exact) mass is 453 g/mol. The molecule has 0 aliphatic carbocycles. The standard InChI is InChI=1S/C13H17NO4.C9H14O5/c1-4-9-7-10(12(15)17-5-2)11(14-8-9)13(16)18-6-3;1-4-13-8(11)6(3)7(10)9(12)14-5-2/h7-8H,4-6H2,1-3H3;6H,4-5H2,1-3H3. The Bertz CT molecular complexity index is 805. The maximum absolute atomic E-state index is 11.8. The topological polar surface area (TPSA) is 135 Å². The van der Waals surface area contributed by atoms with Crippen LogP contribution in [-0.4, -0.2) is 61.1 Å². The second-order valence-corrected chi connectivity index (χ2v) is 6.09. The largest absolute Gasteiger partial charge is 0.465 e. The highest BCUT2D eigenvalue weighted by atomic mass is 16.5. The van der Waals surface area contributed by atoms with Gasteiger partial charge in [0.1, 0.15) is 5.92 Å². The molecule has 0 amide bonds. The molecule has 10 nitrogen and oxygen atoms in total. The zero-order chi connectivity index (χ0) is 24.7. The smallest absolute Gasteiger partial charge is 0.375 e. The van der Waals surface area contributed by atoms with Gasteiger partial charge < -0.3 is 18.9 Å². The van der Waals surface area contributed by atoms with Gasteiger partial charge in [0.15, 0.2) is 5.69 Å². The number of ether oxygens (including phenoxy) is 4. The molecule has 0 bridgehead atoms. The first-order valence-electron chi connectivity index (χ1n) is 10.4. The molecule has 0 saturated carbocycles. The molecule has 1 rings (SSSR count). The molecule has 1 heterocycles. The summed E-state index contributed by atoms with van der Waals surface area (Å²) in [4.78, 5) is 60.6. The van der Waals surface area contributed by atoms with Gasteiger partial charge in [-0.3, -0.25) is 9.59 Å². The molecule has 178 valence electrons. The van der Waals surface area contributed by atoms with Crippen molar-refractivity contribution in [2.75, 3.05) is 26.4 Å². The number of carbonyl (C=O) groups excluding carboxylic acids is 5. The van der Waals surface area contributed by atoms with Crippen LogP contribution in [0.15, 0.2) is 12.3 Å². The number of ketones is 1. The lowest BCUT2D eigenvalue weighted by atomic mass is 10.1. The normalized spacial score (nSPS) is 10.7. The molecule has 0 N–H and O–H groups in total. The van der Waals surface area contributed by atoms with Gasteiger partial charge in [0.2, 0.25) is 0 Å². The van der Waals surface area contributed by atoms with Crippen molar-refractivity contribution in [2.45, 2.75) is 48.0 Å². The molecule has 10 heteroatoms. The molecule has 0 aliphatic heterocycles. The van der Waals surface area contributed by atoms with E-state index in [0.717, 1.165) is 12.0 Å². The Morgan fingerprint density at radius 2 is 1.34 bits per heavy atom. The van der Waals surface area contributed by atoms with Crippen LogP contribution in [0, 0.1) is 5.92 Å². The fourth-order valence-electron chi connectivity index (χ4n) is 2.18. The van der Waals surface area contributed by atoms with Crippen LogP contribution < -0.4 is 0 Å². The third-order valence-electron chi connectivity index (χ3n) is 3.83. The number of aryl methyl sites for hydroxylation is 1. The molecule has 0 radical (unpaired) electrons. The van der Waals surface area contributed by atoms with E-state index in [-0.39, 0.29) is 37.7 Å². The summed E-state index contributed by atoms with van der Waals surface area (Å²) in [6, 6.07) is 1.62. The first-order valence-corrected chi connectivity index (χ1v) is 10.4. The van der Waals surface area contributed by atoms with Crippen molar-refractivity contribution in [3.05, 3.63) is 29.1 Å². The number of rotatable bonds is 10. The molecule has 0 spiro atoms. The second kappa shape index (κ2) is 15.5. The van der Waals surface area contributed by atoms with Crippen molar-refractivity contribution in [3.8, 4) is 0 Å². The fourth-order valence-corrected chi connectivity index (χ4v) is 2.18. The van der Waals surface area contributed by atoms with Crippen LogP contribution >= 0.6 is 0 Å². The number of pyridine rings is 1. The fraction of sp³-hybridized carbons (Fsp3) is 0.545. The van der Waals surface area contributed by atoms with E-state index in [1.54, 1.807) is 40.0 Å². The molecule has 0 aliphatic rings. The summed E-state index contributed by atoms with van der Waals surface area (Å²) < 4.78 is 18.8. The summed E-state index contributed by atoms with van der Waals surface area (Å²) in [6.07, 6.45) is 2.29. The number of hydrogen-bond acceptors (Lipinski definition) is 10. The molecule has 1 aromatic rings. The Balaban J connectivity index is 0.000000622. The van der Waals surface area contributed by atoms with Gasteiger partial charge in [-0.15, -0.1) is 0 Å². The number of hydrogen-bond donors (Lipinski definition) is 0. The molecular weight excluding hydrogens is 422 g/mol. The minimum Gasteiger partial charge on any atom is -0.465 e. The summed E-state index contributed by atoms with van der Waals surface area (Å²) in [5, 5.41) is 0. The lowest BCUT2D eigenvalue weighted by molar-refractivity contribution is -0.161. The molecule has 32 heavy (non-hydrogen) atoms. The predicted octanol–water partition coefficient (Wildman–Crippen LogP) is 2.32. The van der Waals surface area contributed by atoms with Gasteiger partial charge in [-0.05, 0) is 52.7 Å². The van der Waals surface area contributed by atoms with Crippen molar-refractivity contribution in [1.82, 2.24) is 4.98 Å². The molecule has 1 atom stereocenters. The first kappa shape index (κ1) is 28.7. The molecule has 0 fully saturated rings. The molecule has 0 aromatic carbocycles. The highest BCUT2D eigenvalue weighted by Gasteiger charge is 2.29. The van der Waals surface area contributed by atoms with Gasteiger partial charge in [-0.25, -0.2) is 19.4 Å². The summed E-state index contributed by atoms with van der Waals surface area (Å²) in [6.45, 7) is 10.6. The predicted molar refractivity (Wildman–Crippen MR) is 113 cm³/mol. The van der Waals surface area contributed by atoms with Gasteiger partial charge in [-0.2, -0.15) is 0 Å². The number of esters is 4. The van der Waals surface area contributed by atoms with Crippen LogP contribution in [0.3, 0.4) is 0 Å². The minimum absolute atomic E-state index is 0.00694. The van der Waals surface area contributed by atoms with Gasteiger partial charge in [-0.1, -0.05) is 6.92 Å². The van der Waals surface area contributed by atoms with Crippen molar-refractivity contribution < 1.29 is 42.9 Å². The van der Waals surface area contributed by atoms with Gasteiger partial charge in [0.25, 0.3) is 5.78 Å². The van der Waals surface area contributed by atoms with Gasteiger partial charge in [0, 0.05) is 6.20 Å². The van der Waals surface area contributed by atoms with Gasteiger partial charge in [0.05, 0.1) is 32.0 Å². The Morgan fingerprint density at radius 1 is 0.812 bits per heavy atom. The van der Waals surface area contributed by atoms with E-state index in [0.29, 0.717) is 0 Å². The average Bonchev–Trinajstić information content (AvgIpc) is 2.78. The van der Waals surface area contributed by atoms with E-state index >= 15 is 0 Å². The lowest BCUT2D eigenvalue weighted by Gasteiger charge is -2.08. The maximum Gasteiger partial charge on any atom is 0.375 e. The van der Waals surface area contributed by atoms with Crippen LogP contribution in [-0.2, 0) is 39.8 Å². The minimum atomic E-state index is -1.09. The van der Waals surface area contributed by atoms with E-state index < -0.39 is 35.6 Å².